The van der Waals surface area contributed by atoms with Crippen LogP contribution in [0.25, 0.3) is 10.9 Å². The summed E-state index contributed by atoms with van der Waals surface area (Å²) >= 11 is 0. The van der Waals surface area contributed by atoms with E-state index < -0.39 is 12.5 Å². The van der Waals surface area contributed by atoms with Crippen molar-refractivity contribution in [2.75, 3.05) is 0 Å². The van der Waals surface area contributed by atoms with Crippen LogP contribution in [0.3, 0.4) is 0 Å². The van der Waals surface area contributed by atoms with Crippen molar-refractivity contribution < 1.29 is 18.7 Å². The number of hydrogen-bond donors (Lipinski definition) is 1. The fourth-order valence-corrected chi connectivity index (χ4v) is 2.27. The van der Waals surface area contributed by atoms with Crippen molar-refractivity contribution in [2.24, 2.45) is 0 Å². The molecule has 0 saturated heterocycles. The maximum Gasteiger partial charge on any atom is 0.335 e. The highest BCUT2D eigenvalue weighted by Gasteiger charge is 2.13. The van der Waals surface area contributed by atoms with Gasteiger partial charge in [-0.3, -0.25) is 4.57 Å². The van der Waals surface area contributed by atoms with E-state index in [1.54, 1.807) is 29.0 Å². The summed E-state index contributed by atoms with van der Waals surface area (Å²) in [6.45, 7) is -2.45. The van der Waals surface area contributed by atoms with E-state index in [0.717, 1.165) is 15.5 Å². The highest BCUT2D eigenvalue weighted by Crippen LogP contribution is 2.20. The molecule has 3 rings (SSSR count). The van der Waals surface area contributed by atoms with Gasteiger partial charge in [-0.05, 0) is 24.3 Å². The third-order valence-electron chi connectivity index (χ3n) is 3.29. The van der Waals surface area contributed by atoms with Gasteiger partial charge >= 0.3 is 12.5 Å². The molecule has 0 amide bonds. The second kappa shape index (κ2) is 5.01. The number of alkyl halides is 2. The Morgan fingerprint density at radius 1 is 1.29 bits per heavy atom. The molecule has 0 bridgehead atoms. The van der Waals surface area contributed by atoms with Crippen LogP contribution in [0.1, 0.15) is 22.7 Å². The summed E-state index contributed by atoms with van der Waals surface area (Å²) in [6.07, 6.45) is 4.28. The maximum atomic E-state index is 12.8. The first-order valence-corrected chi connectivity index (χ1v) is 6.18. The van der Waals surface area contributed by atoms with Crippen molar-refractivity contribution in [3.05, 3.63) is 54.2 Å². The molecule has 0 aliphatic rings. The third-order valence-corrected chi connectivity index (χ3v) is 3.29. The summed E-state index contributed by atoms with van der Waals surface area (Å²) in [6, 6.07) is 6.44. The van der Waals surface area contributed by atoms with Crippen LogP contribution in [-0.2, 0) is 6.54 Å². The lowest BCUT2D eigenvalue weighted by Crippen LogP contribution is -2.08. The lowest BCUT2D eigenvalue weighted by atomic mass is 10.1. The zero-order valence-corrected chi connectivity index (χ0v) is 10.8. The standard InChI is InChI=1S/C14H11F2N3O2/c15-14(16)19-6-4-17-12(19)8-18-5-3-9-7-10(13(20)21)1-2-11(9)18/h1-7,14H,8H2,(H,20,21). The van der Waals surface area contributed by atoms with Crippen LogP contribution in [-0.4, -0.2) is 25.2 Å². The molecule has 0 atom stereocenters. The van der Waals surface area contributed by atoms with Crippen molar-refractivity contribution in [2.45, 2.75) is 13.1 Å². The topological polar surface area (TPSA) is 60.0 Å². The van der Waals surface area contributed by atoms with Crippen LogP contribution < -0.4 is 0 Å². The first-order chi connectivity index (χ1) is 10.1. The summed E-state index contributed by atoms with van der Waals surface area (Å²) in [7, 11) is 0. The van der Waals surface area contributed by atoms with Gasteiger partial charge in [0.05, 0.1) is 12.1 Å². The molecule has 2 aromatic heterocycles. The molecule has 0 radical (unpaired) electrons. The monoisotopic (exact) mass is 291 g/mol. The zero-order valence-electron chi connectivity index (χ0n) is 10.8. The number of carboxylic acids is 1. The van der Waals surface area contributed by atoms with Crippen LogP contribution in [0, 0.1) is 0 Å². The molecular weight excluding hydrogens is 280 g/mol. The second-order valence-corrected chi connectivity index (χ2v) is 4.55. The van der Waals surface area contributed by atoms with Gasteiger partial charge in [0.25, 0.3) is 0 Å². The van der Waals surface area contributed by atoms with Gasteiger partial charge in [0.1, 0.15) is 5.82 Å². The summed E-state index contributed by atoms with van der Waals surface area (Å²) in [5.41, 5.74) is 0.957. The van der Waals surface area contributed by atoms with Crippen molar-refractivity contribution in [1.82, 2.24) is 14.1 Å². The molecule has 5 nitrogen and oxygen atoms in total. The summed E-state index contributed by atoms with van der Waals surface area (Å²) < 4.78 is 28.1. The Morgan fingerprint density at radius 3 is 2.81 bits per heavy atom. The Kier molecular flexibility index (Phi) is 3.17. The molecular formula is C14H11F2N3O2. The normalized spacial score (nSPS) is 11.4. The Balaban J connectivity index is 1.98. The van der Waals surface area contributed by atoms with E-state index in [1.807, 2.05) is 0 Å². The number of aromatic carboxylic acids is 1. The average molecular weight is 291 g/mol. The van der Waals surface area contributed by atoms with Gasteiger partial charge in [-0.2, -0.15) is 8.78 Å². The van der Waals surface area contributed by atoms with Crippen molar-refractivity contribution in [3.63, 3.8) is 0 Å². The maximum absolute atomic E-state index is 12.8. The minimum absolute atomic E-state index is 0.188. The minimum Gasteiger partial charge on any atom is -0.478 e. The van der Waals surface area contributed by atoms with Crippen LogP contribution in [0.4, 0.5) is 8.78 Å². The Hall–Kier alpha value is -2.70. The van der Waals surface area contributed by atoms with Crippen molar-refractivity contribution in [3.8, 4) is 0 Å². The van der Waals surface area contributed by atoms with E-state index in [2.05, 4.69) is 4.98 Å². The lowest BCUT2D eigenvalue weighted by molar-refractivity contribution is 0.0665. The fourth-order valence-electron chi connectivity index (χ4n) is 2.27. The molecule has 108 valence electrons. The quantitative estimate of drug-likeness (QED) is 0.804. The van der Waals surface area contributed by atoms with E-state index >= 15 is 0 Å². The molecule has 1 aromatic carbocycles. The molecule has 3 aromatic rings. The second-order valence-electron chi connectivity index (χ2n) is 4.55. The van der Waals surface area contributed by atoms with Crippen LogP contribution in [0.5, 0.6) is 0 Å². The Labute approximate surface area is 118 Å². The Bertz CT molecular complexity index is 808. The number of imidazole rings is 1. The predicted octanol–water partition coefficient (Wildman–Crippen LogP) is 2.98. The zero-order chi connectivity index (χ0) is 15.0. The predicted molar refractivity (Wildman–Crippen MR) is 71.5 cm³/mol. The number of carbonyl (C=O) groups is 1. The smallest absolute Gasteiger partial charge is 0.335 e. The summed E-state index contributed by atoms with van der Waals surface area (Å²) in [5.74, 6) is -0.761. The number of aromatic nitrogens is 3. The van der Waals surface area contributed by atoms with Gasteiger partial charge in [0.2, 0.25) is 0 Å². The van der Waals surface area contributed by atoms with Crippen molar-refractivity contribution >= 4 is 16.9 Å². The summed E-state index contributed by atoms with van der Waals surface area (Å²) in [4.78, 5) is 14.9. The number of benzene rings is 1. The highest BCUT2D eigenvalue weighted by molar-refractivity contribution is 5.93. The number of hydrogen-bond acceptors (Lipinski definition) is 2. The van der Waals surface area contributed by atoms with Gasteiger partial charge in [0, 0.05) is 29.5 Å². The van der Waals surface area contributed by atoms with Crippen LogP contribution >= 0.6 is 0 Å². The molecule has 0 saturated carbocycles. The molecule has 0 aliphatic carbocycles. The minimum atomic E-state index is -2.64. The van der Waals surface area contributed by atoms with E-state index in [-0.39, 0.29) is 17.9 Å². The SMILES string of the molecule is O=C(O)c1ccc2c(ccn2Cc2nccn2C(F)F)c1. The molecule has 0 fully saturated rings. The molecule has 21 heavy (non-hydrogen) atoms. The van der Waals surface area contributed by atoms with Gasteiger partial charge in [-0.25, -0.2) is 9.78 Å². The van der Waals surface area contributed by atoms with E-state index in [4.69, 9.17) is 5.11 Å². The fraction of sp³-hybridized carbons (Fsp3) is 0.143. The number of carboxylic acid groups (broad SMARTS) is 1. The Morgan fingerprint density at radius 2 is 2.10 bits per heavy atom. The molecule has 2 heterocycles. The molecule has 0 spiro atoms. The van der Waals surface area contributed by atoms with Crippen LogP contribution in [0.2, 0.25) is 0 Å². The number of halogens is 2. The number of nitrogens with zero attached hydrogens (tertiary/aromatic N) is 3. The van der Waals surface area contributed by atoms with E-state index in [1.165, 1.54) is 18.5 Å². The van der Waals surface area contributed by atoms with Gasteiger partial charge in [-0.15, -0.1) is 0 Å². The van der Waals surface area contributed by atoms with Gasteiger partial charge in [-0.1, -0.05) is 0 Å². The highest BCUT2D eigenvalue weighted by atomic mass is 19.3. The molecule has 7 heteroatoms. The first kappa shape index (κ1) is 13.3. The molecule has 0 unspecified atom stereocenters. The third kappa shape index (κ3) is 2.37. The summed E-state index contributed by atoms with van der Waals surface area (Å²) in [5, 5.41) is 9.69. The van der Waals surface area contributed by atoms with Crippen molar-refractivity contribution in [1.29, 1.82) is 0 Å². The van der Waals surface area contributed by atoms with E-state index in [9.17, 15) is 13.6 Å². The molecule has 1 N–H and O–H groups in total. The number of rotatable bonds is 4. The number of fused-ring (bicyclic) bond motifs is 1. The van der Waals surface area contributed by atoms with Crippen LogP contribution in [0.15, 0.2) is 42.9 Å². The largest absolute Gasteiger partial charge is 0.478 e. The van der Waals surface area contributed by atoms with Gasteiger partial charge in [0.15, 0.2) is 0 Å². The average Bonchev–Trinajstić information content (AvgIpc) is 3.06. The van der Waals surface area contributed by atoms with E-state index in [0.29, 0.717) is 0 Å². The van der Waals surface area contributed by atoms with Gasteiger partial charge < -0.3 is 9.67 Å². The first-order valence-electron chi connectivity index (χ1n) is 6.18. The molecule has 0 aliphatic heterocycles. The lowest BCUT2D eigenvalue weighted by Gasteiger charge is -2.08.